The first kappa shape index (κ1) is 9.72. The number of aromatic nitrogens is 2. The van der Waals surface area contributed by atoms with Gasteiger partial charge in [-0.05, 0) is 12.1 Å². The number of hydrogen-bond donors (Lipinski definition) is 1. The van der Waals surface area contributed by atoms with Gasteiger partial charge >= 0.3 is 0 Å². The summed E-state index contributed by atoms with van der Waals surface area (Å²) < 4.78 is 15.3. The molecule has 0 bridgehead atoms. The van der Waals surface area contributed by atoms with E-state index in [4.69, 9.17) is 5.73 Å². The van der Waals surface area contributed by atoms with Crippen LogP contribution in [0.15, 0.2) is 24.3 Å². The number of rotatable bonds is 1. The van der Waals surface area contributed by atoms with Gasteiger partial charge in [0, 0.05) is 17.1 Å². The number of halogens is 1. The molecule has 0 aliphatic carbocycles. The van der Waals surface area contributed by atoms with Gasteiger partial charge in [-0.15, -0.1) is 5.10 Å². The predicted molar refractivity (Wildman–Crippen MR) is 62.9 cm³/mol. The Morgan fingerprint density at radius 2 is 2.12 bits per heavy atom. The zero-order chi connectivity index (χ0) is 11.1. The number of nitrogen functional groups attached to an aromatic ring is 1. The largest absolute Gasteiger partial charge is 0.382 e. The molecule has 0 saturated carbocycles. The second kappa shape index (κ2) is 3.52. The van der Waals surface area contributed by atoms with E-state index in [2.05, 4.69) is 5.10 Å². The molecule has 0 amide bonds. The van der Waals surface area contributed by atoms with E-state index in [1.54, 1.807) is 34.6 Å². The third kappa shape index (κ3) is 1.31. The smallest absolute Gasteiger partial charge is 0.150 e. The Labute approximate surface area is 96.4 Å². The van der Waals surface area contributed by atoms with Crippen LogP contribution in [0.25, 0.3) is 5.69 Å². The number of nitrogens with two attached hydrogens (primary N) is 1. The number of nitrogens with zero attached hydrogens (tertiary/aromatic N) is 2. The third-order valence-corrected chi connectivity index (χ3v) is 3.66. The first-order chi connectivity index (χ1) is 7.77. The molecule has 1 aliphatic rings. The van der Waals surface area contributed by atoms with Crippen LogP contribution >= 0.6 is 11.8 Å². The SMILES string of the molecule is Nc1nn(-c2ccccc2F)c2c1CSC2. The molecule has 2 heterocycles. The molecule has 3 nitrogen and oxygen atoms in total. The van der Waals surface area contributed by atoms with Crippen molar-refractivity contribution in [3.63, 3.8) is 0 Å². The Morgan fingerprint density at radius 1 is 1.31 bits per heavy atom. The lowest BCUT2D eigenvalue weighted by Crippen LogP contribution is -2.03. The van der Waals surface area contributed by atoms with Crippen molar-refractivity contribution in [1.82, 2.24) is 9.78 Å². The summed E-state index contributed by atoms with van der Waals surface area (Å²) in [5.41, 5.74) is 8.35. The van der Waals surface area contributed by atoms with Gasteiger partial charge in [-0.25, -0.2) is 9.07 Å². The lowest BCUT2D eigenvalue weighted by molar-refractivity contribution is 0.608. The maximum absolute atomic E-state index is 13.6. The van der Waals surface area contributed by atoms with E-state index in [1.807, 2.05) is 0 Å². The van der Waals surface area contributed by atoms with Crippen LogP contribution in [0.4, 0.5) is 10.2 Å². The fraction of sp³-hybridized carbons (Fsp3) is 0.182. The third-order valence-electron chi connectivity index (χ3n) is 2.69. The monoisotopic (exact) mass is 235 g/mol. The topological polar surface area (TPSA) is 43.8 Å². The average molecular weight is 235 g/mol. The van der Waals surface area contributed by atoms with Crippen LogP contribution in [0.5, 0.6) is 0 Å². The highest BCUT2D eigenvalue weighted by Crippen LogP contribution is 2.35. The fourth-order valence-electron chi connectivity index (χ4n) is 1.88. The molecule has 3 rings (SSSR count). The highest BCUT2D eigenvalue weighted by atomic mass is 32.2. The zero-order valence-corrected chi connectivity index (χ0v) is 9.30. The molecule has 0 unspecified atom stereocenters. The van der Waals surface area contributed by atoms with Gasteiger partial charge in [0.15, 0.2) is 0 Å². The van der Waals surface area contributed by atoms with Crippen LogP contribution in [0.3, 0.4) is 0 Å². The summed E-state index contributed by atoms with van der Waals surface area (Å²) >= 11 is 1.78. The Bertz CT molecular complexity index is 550. The van der Waals surface area contributed by atoms with Crippen molar-refractivity contribution in [2.24, 2.45) is 0 Å². The number of hydrogen-bond acceptors (Lipinski definition) is 3. The number of para-hydroxylation sites is 1. The van der Waals surface area contributed by atoms with Gasteiger partial charge in [0.25, 0.3) is 0 Å². The average Bonchev–Trinajstić information content (AvgIpc) is 2.84. The van der Waals surface area contributed by atoms with Gasteiger partial charge in [-0.1, -0.05) is 12.1 Å². The fourth-order valence-corrected chi connectivity index (χ4v) is 2.99. The van der Waals surface area contributed by atoms with Gasteiger partial charge in [-0.2, -0.15) is 11.8 Å². The summed E-state index contributed by atoms with van der Waals surface area (Å²) in [6.07, 6.45) is 0. The van der Waals surface area contributed by atoms with E-state index < -0.39 is 0 Å². The quantitative estimate of drug-likeness (QED) is 0.825. The minimum Gasteiger partial charge on any atom is -0.382 e. The van der Waals surface area contributed by atoms with Crippen molar-refractivity contribution < 1.29 is 4.39 Å². The molecule has 2 aromatic rings. The first-order valence-corrected chi connectivity index (χ1v) is 6.11. The Hall–Kier alpha value is -1.49. The molecule has 16 heavy (non-hydrogen) atoms. The molecule has 0 fully saturated rings. The minimum atomic E-state index is -0.273. The van der Waals surface area contributed by atoms with Crippen LogP contribution in [0.1, 0.15) is 11.3 Å². The number of benzene rings is 1. The van der Waals surface area contributed by atoms with Gasteiger partial charge in [0.2, 0.25) is 0 Å². The zero-order valence-electron chi connectivity index (χ0n) is 8.48. The molecular weight excluding hydrogens is 225 g/mol. The molecule has 2 N–H and O–H groups in total. The van der Waals surface area contributed by atoms with E-state index in [1.165, 1.54) is 6.07 Å². The van der Waals surface area contributed by atoms with E-state index in [0.29, 0.717) is 11.5 Å². The Morgan fingerprint density at radius 3 is 2.94 bits per heavy atom. The standard InChI is InChI=1S/C11H10FN3S/c12-8-3-1-2-4-9(8)15-10-6-16-5-7(10)11(13)14-15/h1-4H,5-6H2,(H2,13,14). The molecule has 82 valence electrons. The lowest BCUT2D eigenvalue weighted by Gasteiger charge is -2.05. The summed E-state index contributed by atoms with van der Waals surface area (Å²) in [5.74, 6) is 1.96. The van der Waals surface area contributed by atoms with Crippen LogP contribution in [-0.2, 0) is 11.5 Å². The highest BCUT2D eigenvalue weighted by Gasteiger charge is 2.23. The van der Waals surface area contributed by atoms with Crippen molar-refractivity contribution in [2.75, 3.05) is 5.73 Å². The number of thioether (sulfide) groups is 1. The van der Waals surface area contributed by atoms with Crippen LogP contribution in [0.2, 0.25) is 0 Å². The van der Waals surface area contributed by atoms with Crippen molar-refractivity contribution in [3.8, 4) is 5.69 Å². The van der Waals surface area contributed by atoms with Crippen LogP contribution in [-0.4, -0.2) is 9.78 Å². The summed E-state index contributed by atoms with van der Waals surface area (Å²) in [5, 5.41) is 4.20. The molecule has 0 spiro atoms. The normalized spacial score (nSPS) is 14.1. The molecule has 0 saturated heterocycles. The van der Waals surface area contributed by atoms with E-state index in [9.17, 15) is 4.39 Å². The summed E-state index contributed by atoms with van der Waals surface area (Å²) in [7, 11) is 0. The molecule has 1 aromatic carbocycles. The molecule has 0 radical (unpaired) electrons. The van der Waals surface area contributed by atoms with E-state index in [0.717, 1.165) is 22.8 Å². The van der Waals surface area contributed by atoms with Crippen molar-refractivity contribution in [2.45, 2.75) is 11.5 Å². The van der Waals surface area contributed by atoms with Gasteiger partial charge in [0.05, 0.1) is 5.69 Å². The van der Waals surface area contributed by atoms with Crippen molar-refractivity contribution >= 4 is 17.6 Å². The molecule has 1 aromatic heterocycles. The van der Waals surface area contributed by atoms with Gasteiger partial charge in [-0.3, -0.25) is 0 Å². The lowest BCUT2D eigenvalue weighted by atomic mass is 10.2. The highest BCUT2D eigenvalue weighted by molar-refractivity contribution is 7.98. The van der Waals surface area contributed by atoms with Crippen LogP contribution in [0, 0.1) is 5.82 Å². The summed E-state index contributed by atoms with van der Waals surface area (Å²) in [4.78, 5) is 0. The number of fused-ring (bicyclic) bond motifs is 1. The second-order valence-electron chi connectivity index (χ2n) is 3.67. The van der Waals surface area contributed by atoms with E-state index in [-0.39, 0.29) is 5.82 Å². The minimum absolute atomic E-state index is 0.273. The second-order valence-corrected chi connectivity index (χ2v) is 4.65. The number of anilines is 1. The van der Waals surface area contributed by atoms with Gasteiger partial charge in [0.1, 0.15) is 17.3 Å². The maximum atomic E-state index is 13.6. The molecule has 1 aliphatic heterocycles. The van der Waals surface area contributed by atoms with Gasteiger partial charge < -0.3 is 5.73 Å². The summed E-state index contributed by atoms with van der Waals surface area (Å²) in [6.45, 7) is 0. The molecule has 0 atom stereocenters. The van der Waals surface area contributed by atoms with E-state index >= 15 is 0 Å². The first-order valence-electron chi connectivity index (χ1n) is 4.96. The molecule has 5 heteroatoms. The van der Waals surface area contributed by atoms with Crippen molar-refractivity contribution in [1.29, 1.82) is 0 Å². The Balaban J connectivity index is 2.21. The molecular formula is C11H10FN3S. The van der Waals surface area contributed by atoms with Crippen molar-refractivity contribution in [3.05, 3.63) is 41.3 Å². The Kier molecular flexibility index (Phi) is 2.14. The van der Waals surface area contributed by atoms with Crippen LogP contribution < -0.4 is 5.73 Å². The summed E-state index contributed by atoms with van der Waals surface area (Å²) in [6, 6.07) is 6.61. The predicted octanol–water partition coefficient (Wildman–Crippen LogP) is 2.34. The maximum Gasteiger partial charge on any atom is 0.150 e.